The summed E-state index contributed by atoms with van der Waals surface area (Å²) in [6, 6.07) is 11.1. The van der Waals surface area contributed by atoms with Crippen LogP contribution in [0.4, 0.5) is 8.78 Å². The third-order valence-electron chi connectivity index (χ3n) is 4.26. The number of hydrogen-bond donors (Lipinski definition) is 1. The number of aromatic nitrogens is 2. The smallest absolute Gasteiger partial charge is 0.303 e. The first-order chi connectivity index (χ1) is 13.8. The van der Waals surface area contributed by atoms with Gasteiger partial charge >= 0.3 is 5.97 Å². The highest BCUT2D eigenvalue weighted by Gasteiger charge is 2.15. The summed E-state index contributed by atoms with van der Waals surface area (Å²) in [6.07, 6.45) is 0.506. The van der Waals surface area contributed by atoms with E-state index < -0.39 is 23.4 Å². The van der Waals surface area contributed by atoms with Gasteiger partial charge in [0.15, 0.2) is 17.4 Å². The van der Waals surface area contributed by atoms with E-state index in [1.54, 1.807) is 35.0 Å². The van der Waals surface area contributed by atoms with E-state index >= 15 is 0 Å². The lowest BCUT2D eigenvalue weighted by Gasteiger charge is -2.12. The van der Waals surface area contributed by atoms with E-state index in [9.17, 15) is 13.6 Å². The van der Waals surface area contributed by atoms with Gasteiger partial charge in [0, 0.05) is 11.4 Å². The average Bonchev–Trinajstić information content (AvgIpc) is 3.02. The molecule has 0 saturated carbocycles. The SMILES string of the molecule is Cc1cc(COc2c(F)cc(CCCC(=O)O)cc2F)n(-c2ccc(Cl)cc2)n1. The fourth-order valence-electron chi connectivity index (χ4n) is 2.95. The number of aliphatic carboxylic acids is 1. The number of benzene rings is 2. The van der Waals surface area contributed by atoms with Gasteiger partial charge in [0.1, 0.15) is 6.61 Å². The first kappa shape index (κ1) is 20.8. The molecule has 5 nitrogen and oxygen atoms in total. The van der Waals surface area contributed by atoms with Crippen LogP contribution in [-0.4, -0.2) is 20.9 Å². The quantitative estimate of drug-likeness (QED) is 0.550. The standard InChI is InChI=1S/C21H19ClF2N2O3/c1-13-9-17(26(25-13)16-7-5-15(22)6-8-16)12-29-21-18(23)10-14(11-19(21)24)3-2-4-20(27)28/h5-11H,2-4,12H2,1H3,(H,27,28). The van der Waals surface area contributed by atoms with Gasteiger partial charge in [-0.1, -0.05) is 11.6 Å². The number of rotatable bonds is 8. The fraction of sp³-hybridized carbons (Fsp3) is 0.238. The summed E-state index contributed by atoms with van der Waals surface area (Å²) in [5, 5.41) is 13.6. The highest BCUT2D eigenvalue weighted by Crippen LogP contribution is 2.26. The molecule has 0 atom stereocenters. The highest BCUT2D eigenvalue weighted by molar-refractivity contribution is 6.30. The van der Waals surface area contributed by atoms with E-state index in [-0.39, 0.29) is 19.4 Å². The summed E-state index contributed by atoms with van der Waals surface area (Å²) in [7, 11) is 0. The van der Waals surface area contributed by atoms with Crippen LogP contribution in [-0.2, 0) is 17.8 Å². The molecule has 0 fully saturated rings. The molecule has 0 aliphatic carbocycles. The molecule has 0 radical (unpaired) electrons. The summed E-state index contributed by atoms with van der Waals surface area (Å²) < 4.78 is 35.8. The van der Waals surface area contributed by atoms with Gasteiger partial charge in [0.05, 0.1) is 17.1 Å². The normalized spacial score (nSPS) is 10.9. The molecule has 29 heavy (non-hydrogen) atoms. The number of aryl methyl sites for hydroxylation is 2. The third-order valence-corrected chi connectivity index (χ3v) is 4.51. The van der Waals surface area contributed by atoms with Crippen LogP contribution in [0.5, 0.6) is 5.75 Å². The maximum atomic E-state index is 14.4. The van der Waals surface area contributed by atoms with Crippen molar-refractivity contribution in [2.45, 2.75) is 32.8 Å². The van der Waals surface area contributed by atoms with Crippen molar-refractivity contribution in [3.05, 3.63) is 76.1 Å². The minimum absolute atomic E-state index is 0.0600. The molecule has 0 aliphatic rings. The molecule has 0 bridgehead atoms. The van der Waals surface area contributed by atoms with Gasteiger partial charge in [-0.05, 0) is 67.8 Å². The Morgan fingerprint density at radius 3 is 2.45 bits per heavy atom. The van der Waals surface area contributed by atoms with Gasteiger partial charge < -0.3 is 9.84 Å². The predicted molar refractivity (Wildman–Crippen MR) is 105 cm³/mol. The van der Waals surface area contributed by atoms with Crippen molar-refractivity contribution < 1.29 is 23.4 Å². The molecule has 152 valence electrons. The van der Waals surface area contributed by atoms with Gasteiger partial charge in [-0.2, -0.15) is 5.10 Å². The largest absolute Gasteiger partial charge is 0.481 e. The van der Waals surface area contributed by atoms with Crippen LogP contribution in [0.15, 0.2) is 42.5 Å². The van der Waals surface area contributed by atoms with Crippen LogP contribution in [0.2, 0.25) is 5.02 Å². The molecule has 0 spiro atoms. The van der Waals surface area contributed by atoms with Gasteiger partial charge in [0.25, 0.3) is 0 Å². The van der Waals surface area contributed by atoms with E-state index in [4.69, 9.17) is 21.4 Å². The molecule has 0 unspecified atom stereocenters. The first-order valence-corrected chi connectivity index (χ1v) is 9.35. The topological polar surface area (TPSA) is 64.3 Å². The number of carboxylic acids is 1. The lowest BCUT2D eigenvalue weighted by atomic mass is 10.1. The summed E-state index contributed by atoms with van der Waals surface area (Å²) in [5.74, 6) is -3.08. The highest BCUT2D eigenvalue weighted by atomic mass is 35.5. The van der Waals surface area contributed by atoms with Gasteiger partial charge in [0.2, 0.25) is 0 Å². The van der Waals surface area contributed by atoms with Crippen molar-refractivity contribution in [1.82, 2.24) is 9.78 Å². The Balaban J connectivity index is 1.75. The minimum atomic E-state index is -0.946. The van der Waals surface area contributed by atoms with Crippen molar-refractivity contribution in [2.75, 3.05) is 0 Å². The van der Waals surface area contributed by atoms with Crippen LogP contribution in [0, 0.1) is 18.6 Å². The first-order valence-electron chi connectivity index (χ1n) is 8.97. The van der Waals surface area contributed by atoms with E-state index in [1.165, 1.54) is 12.1 Å². The van der Waals surface area contributed by atoms with Gasteiger partial charge in [-0.3, -0.25) is 4.79 Å². The summed E-state index contributed by atoms with van der Waals surface area (Å²) in [5.41, 5.74) is 2.48. The summed E-state index contributed by atoms with van der Waals surface area (Å²) in [4.78, 5) is 10.6. The zero-order valence-corrected chi connectivity index (χ0v) is 16.4. The van der Waals surface area contributed by atoms with E-state index in [2.05, 4.69) is 5.10 Å². The number of nitrogens with zero attached hydrogens (tertiary/aromatic N) is 2. The molecular formula is C21H19ClF2N2O3. The third kappa shape index (κ3) is 5.32. The lowest BCUT2D eigenvalue weighted by Crippen LogP contribution is -2.07. The Bertz CT molecular complexity index is 996. The van der Waals surface area contributed by atoms with Crippen LogP contribution in [0.25, 0.3) is 5.69 Å². The molecule has 2 aromatic carbocycles. The van der Waals surface area contributed by atoms with E-state index in [1.807, 2.05) is 6.92 Å². The summed E-state index contributed by atoms with van der Waals surface area (Å²) in [6.45, 7) is 1.72. The maximum absolute atomic E-state index is 14.4. The zero-order valence-electron chi connectivity index (χ0n) is 15.7. The Kier molecular flexibility index (Phi) is 6.49. The molecule has 0 amide bonds. The minimum Gasteiger partial charge on any atom is -0.481 e. The van der Waals surface area contributed by atoms with Crippen LogP contribution < -0.4 is 4.74 Å². The van der Waals surface area contributed by atoms with E-state index in [0.717, 1.165) is 11.4 Å². The molecule has 0 aliphatic heterocycles. The number of halogens is 3. The van der Waals surface area contributed by atoms with Gasteiger partial charge in [-0.15, -0.1) is 0 Å². The number of carboxylic acid groups (broad SMARTS) is 1. The van der Waals surface area contributed by atoms with Crippen molar-refractivity contribution in [2.24, 2.45) is 0 Å². The molecule has 8 heteroatoms. The lowest BCUT2D eigenvalue weighted by molar-refractivity contribution is -0.137. The van der Waals surface area contributed by atoms with Crippen molar-refractivity contribution in [1.29, 1.82) is 0 Å². The van der Waals surface area contributed by atoms with Crippen LogP contribution in [0.3, 0.4) is 0 Å². The zero-order chi connectivity index (χ0) is 21.0. The molecule has 1 heterocycles. The number of hydrogen-bond acceptors (Lipinski definition) is 3. The molecule has 0 saturated heterocycles. The maximum Gasteiger partial charge on any atom is 0.303 e. The molecular weight excluding hydrogens is 402 g/mol. The second kappa shape index (κ2) is 9.05. The molecule has 1 N–H and O–H groups in total. The van der Waals surface area contributed by atoms with Crippen molar-refractivity contribution >= 4 is 17.6 Å². The van der Waals surface area contributed by atoms with Crippen molar-refractivity contribution in [3.63, 3.8) is 0 Å². The van der Waals surface area contributed by atoms with Gasteiger partial charge in [-0.25, -0.2) is 13.5 Å². The Morgan fingerprint density at radius 2 is 1.83 bits per heavy atom. The monoisotopic (exact) mass is 420 g/mol. The fourth-order valence-corrected chi connectivity index (χ4v) is 3.07. The Labute approximate surface area is 171 Å². The Morgan fingerprint density at radius 1 is 1.17 bits per heavy atom. The molecule has 3 aromatic rings. The second-order valence-electron chi connectivity index (χ2n) is 6.59. The average molecular weight is 421 g/mol. The van der Waals surface area contributed by atoms with Crippen LogP contribution in [0.1, 0.15) is 29.8 Å². The predicted octanol–water partition coefficient (Wildman–Crippen LogP) is 5.10. The van der Waals surface area contributed by atoms with Crippen molar-refractivity contribution in [3.8, 4) is 11.4 Å². The molecule has 3 rings (SSSR count). The Hall–Kier alpha value is -2.93. The number of ether oxygens (including phenoxy) is 1. The second-order valence-corrected chi connectivity index (χ2v) is 7.03. The summed E-state index contributed by atoms with van der Waals surface area (Å²) >= 11 is 5.91. The van der Waals surface area contributed by atoms with Crippen LogP contribution >= 0.6 is 11.6 Å². The molecule has 1 aromatic heterocycles. The van der Waals surface area contributed by atoms with E-state index in [0.29, 0.717) is 22.7 Å². The number of carbonyl (C=O) groups is 1.